The Hall–Kier alpha value is -1.06. The first kappa shape index (κ1) is 23.2. The molecule has 3 aliphatic carbocycles. The maximum absolute atomic E-state index is 12.0. The fourth-order valence-corrected chi connectivity index (χ4v) is 4.92. The summed E-state index contributed by atoms with van der Waals surface area (Å²) in [6.45, 7) is 0.163. The molecular weight excluding hydrogens is 469 g/mol. The minimum Gasteiger partial charge on any atom is -0.359 e. The van der Waals surface area contributed by atoms with Gasteiger partial charge in [-0.2, -0.15) is 0 Å². The summed E-state index contributed by atoms with van der Waals surface area (Å²) in [6.07, 6.45) is 8.93. The number of hydrogen-bond donors (Lipinski definition) is 3. The minimum absolute atomic E-state index is 0. The quantitative estimate of drug-likeness (QED) is 0.302. The maximum Gasteiger partial charge on any atom is 0.243 e. The number of halogens is 1. The van der Waals surface area contributed by atoms with E-state index in [-0.39, 0.29) is 48.3 Å². The van der Waals surface area contributed by atoms with E-state index < -0.39 is 0 Å². The molecule has 3 aliphatic rings. The average molecular weight is 505 g/mol. The Labute approximate surface area is 185 Å². The Balaban J connectivity index is 0.00000280. The second-order valence-corrected chi connectivity index (χ2v) is 8.69. The van der Waals surface area contributed by atoms with E-state index in [2.05, 4.69) is 20.9 Å². The number of aliphatic imine (C=N–C) groups is 1. The van der Waals surface area contributed by atoms with Crippen molar-refractivity contribution in [3.05, 3.63) is 0 Å². The largest absolute Gasteiger partial charge is 0.359 e. The summed E-state index contributed by atoms with van der Waals surface area (Å²) in [5, 5.41) is 9.93. The molecule has 3 rings (SSSR count). The molecular formula is C20H36IN5O2. The third-order valence-corrected chi connectivity index (χ3v) is 6.62. The molecule has 8 heteroatoms. The molecule has 3 atom stereocenters. The molecule has 0 radical (unpaired) electrons. The number of hydrogen-bond acceptors (Lipinski definition) is 3. The molecule has 0 aromatic carbocycles. The van der Waals surface area contributed by atoms with Crippen LogP contribution in [-0.2, 0) is 9.59 Å². The predicted octanol–water partition coefficient (Wildman–Crippen LogP) is 1.72. The number of nitrogens with zero attached hydrogens (tertiary/aromatic N) is 2. The Morgan fingerprint density at radius 2 is 1.71 bits per heavy atom. The number of amides is 2. The van der Waals surface area contributed by atoms with Gasteiger partial charge in [0.2, 0.25) is 11.8 Å². The van der Waals surface area contributed by atoms with Crippen molar-refractivity contribution in [2.24, 2.45) is 22.7 Å². The van der Waals surface area contributed by atoms with Crippen LogP contribution in [0.3, 0.4) is 0 Å². The van der Waals surface area contributed by atoms with Crippen molar-refractivity contribution in [1.29, 1.82) is 0 Å². The van der Waals surface area contributed by atoms with E-state index in [4.69, 9.17) is 0 Å². The topological polar surface area (TPSA) is 85.8 Å². The van der Waals surface area contributed by atoms with Gasteiger partial charge in [-0.05, 0) is 56.8 Å². The monoisotopic (exact) mass is 505 g/mol. The molecule has 3 fully saturated rings. The lowest BCUT2D eigenvalue weighted by atomic mass is 9.85. The van der Waals surface area contributed by atoms with Crippen LogP contribution < -0.4 is 16.0 Å². The molecule has 0 aromatic heterocycles. The molecule has 0 saturated heterocycles. The molecule has 160 valence electrons. The van der Waals surface area contributed by atoms with Crippen LogP contribution in [0, 0.1) is 17.8 Å². The maximum atomic E-state index is 12.0. The van der Waals surface area contributed by atoms with Crippen molar-refractivity contribution >= 4 is 41.8 Å². The molecule has 7 nitrogen and oxygen atoms in total. The highest BCUT2D eigenvalue weighted by Crippen LogP contribution is 2.44. The molecule has 0 heterocycles. The lowest BCUT2D eigenvalue weighted by Gasteiger charge is -2.31. The molecule has 0 aromatic rings. The summed E-state index contributed by atoms with van der Waals surface area (Å²) in [6, 6.07) is 0.789. The number of carbonyl (C=O) groups excluding carboxylic acids is 2. The van der Waals surface area contributed by atoms with Gasteiger partial charge < -0.3 is 20.9 Å². The van der Waals surface area contributed by atoms with E-state index in [1.165, 1.54) is 25.7 Å². The van der Waals surface area contributed by atoms with Crippen LogP contribution in [0.1, 0.15) is 51.4 Å². The van der Waals surface area contributed by atoms with Crippen LogP contribution in [0.4, 0.5) is 0 Å². The average Bonchev–Trinajstić information content (AvgIpc) is 3.28. The highest BCUT2D eigenvalue weighted by atomic mass is 127. The molecule has 2 bridgehead atoms. The van der Waals surface area contributed by atoms with Crippen molar-refractivity contribution < 1.29 is 9.59 Å². The molecule has 2 amide bonds. The molecule has 3 N–H and O–H groups in total. The SMILES string of the molecule is CNC(=O)C1CCC(NC(=NCC(=O)N(C)C)NC2CC3CCC2C3)CC1.I. The Kier molecular flexibility index (Phi) is 8.82. The molecule has 0 aliphatic heterocycles. The van der Waals surface area contributed by atoms with E-state index in [0.717, 1.165) is 43.5 Å². The Morgan fingerprint density at radius 3 is 2.25 bits per heavy atom. The summed E-state index contributed by atoms with van der Waals surface area (Å²) < 4.78 is 0. The van der Waals surface area contributed by atoms with E-state index >= 15 is 0 Å². The second kappa shape index (κ2) is 10.6. The van der Waals surface area contributed by atoms with E-state index in [9.17, 15) is 9.59 Å². The standard InChI is InChI=1S/C20H35N5O2.HI/c1-21-19(27)14-6-8-16(9-7-14)23-20(22-12-18(26)25(2)3)24-17-11-13-4-5-15(17)10-13;/h13-17H,4-12H2,1-3H3,(H,21,27)(H2,22,23,24);1H. The third-order valence-electron chi connectivity index (χ3n) is 6.62. The lowest BCUT2D eigenvalue weighted by Crippen LogP contribution is -2.50. The van der Waals surface area contributed by atoms with Gasteiger partial charge in [-0.1, -0.05) is 6.42 Å². The van der Waals surface area contributed by atoms with Crippen LogP contribution in [0.2, 0.25) is 0 Å². The van der Waals surface area contributed by atoms with Gasteiger partial charge in [0.05, 0.1) is 0 Å². The van der Waals surface area contributed by atoms with Crippen molar-refractivity contribution in [2.75, 3.05) is 27.7 Å². The second-order valence-electron chi connectivity index (χ2n) is 8.69. The van der Waals surface area contributed by atoms with Gasteiger partial charge in [0, 0.05) is 39.1 Å². The number of nitrogens with one attached hydrogen (secondary N) is 3. The first-order valence-electron chi connectivity index (χ1n) is 10.5. The van der Waals surface area contributed by atoms with Gasteiger partial charge in [0.1, 0.15) is 6.54 Å². The minimum atomic E-state index is 0. The first-order valence-corrected chi connectivity index (χ1v) is 10.5. The van der Waals surface area contributed by atoms with Crippen LogP contribution in [-0.4, -0.2) is 62.4 Å². The van der Waals surface area contributed by atoms with Gasteiger partial charge >= 0.3 is 0 Å². The van der Waals surface area contributed by atoms with Crippen LogP contribution in [0.15, 0.2) is 4.99 Å². The molecule has 3 saturated carbocycles. The number of carbonyl (C=O) groups is 2. The first-order chi connectivity index (χ1) is 13.0. The van der Waals surface area contributed by atoms with Crippen LogP contribution >= 0.6 is 24.0 Å². The smallest absolute Gasteiger partial charge is 0.243 e. The molecule has 3 unspecified atom stereocenters. The number of guanidine groups is 1. The van der Waals surface area contributed by atoms with Gasteiger partial charge in [0.15, 0.2) is 5.96 Å². The highest BCUT2D eigenvalue weighted by Gasteiger charge is 2.40. The van der Waals surface area contributed by atoms with Crippen LogP contribution in [0.25, 0.3) is 0 Å². The zero-order valence-electron chi connectivity index (χ0n) is 17.4. The van der Waals surface area contributed by atoms with Gasteiger partial charge in [0.25, 0.3) is 0 Å². The summed E-state index contributed by atoms with van der Waals surface area (Å²) in [4.78, 5) is 30.0. The van der Waals surface area contributed by atoms with Crippen molar-refractivity contribution in [3.63, 3.8) is 0 Å². The van der Waals surface area contributed by atoms with E-state index in [1.54, 1.807) is 26.0 Å². The zero-order chi connectivity index (χ0) is 19.4. The summed E-state index contributed by atoms with van der Waals surface area (Å²) >= 11 is 0. The Bertz CT molecular complexity index is 575. The molecule has 28 heavy (non-hydrogen) atoms. The van der Waals surface area contributed by atoms with Crippen molar-refractivity contribution in [3.8, 4) is 0 Å². The number of rotatable bonds is 5. The third kappa shape index (κ3) is 5.97. The summed E-state index contributed by atoms with van der Waals surface area (Å²) in [5.41, 5.74) is 0. The Morgan fingerprint density at radius 1 is 1.00 bits per heavy atom. The van der Waals surface area contributed by atoms with Crippen molar-refractivity contribution in [1.82, 2.24) is 20.9 Å². The predicted molar refractivity (Wildman–Crippen MR) is 122 cm³/mol. The summed E-state index contributed by atoms with van der Waals surface area (Å²) in [5.74, 6) is 2.66. The van der Waals surface area contributed by atoms with Crippen LogP contribution in [0.5, 0.6) is 0 Å². The lowest BCUT2D eigenvalue weighted by molar-refractivity contribution is -0.127. The van der Waals surface area contributed by atoms with Gasteiger partial charge in [-0.25, -0.2) is 4.99 Å². The highest BCUT2D eigenvalue weighted by molar-refractivity contribution is 14.0. The number of likely N-dealkylation sites (N-methyl/N-ethyl adjacent to an activating group) is 1. The number of fused-ring (bicyclic) bond motifs is 2. The zero-order valence-corrected chi connectivity index (χ0v) is 19.7. The fourth-order valence-electron chi connectivity index (χ4n) is 4.92. The summed E-state index contributed by atoms with van der Waals surface area (Å²) in [7, 11) is 5.22. The van der Waals surface area contributed by atoms with E-state index in [0.29, 0.717) is 12.1 Å². The van der Waals surface area contributed by atoms with Gasteiger partial charge in [-0.3, -0.25) is 9.59 Å². The van der Waals surface area contributed by atoms with Gasteiger partial charge in [-0.15, -0.1) is 24.0 Å². The van der Waals surface area contributed by atoms with Crippen molar-refractivity contribution in [2.45, 2.75) is 63.5 Å². The fraction of sp³-hybridized carbons (Fsp3) is 0.850. The normalized spacial score (nSPS) is 31.7. The molecule has 0 spiro atoms. The van der Waals surface area contributed by atoms with E-state index in [1.807, 2.05) is 0 Å².